The van der Waals surface area contributed by atoms with Crippen LogP contribution in [0.5, 0.6) is 5.75 Å². The number of halogens is 1. The highest BCUT2D eigenvalue weighted by Crippen LogP contribution is 2.30. The Kier molecular flexibility index (Phi) is 7.50. The lowest BCUT2D eigenvalue weighted by atomic mass is 9.85. The number of esters is 1. The average Bonchev–Trinajstić information content (AvgIpc) is 2.91. The van der Waals surface area contributed by atoms with Crippen molar-refractivity contribution in [3.63, 3.8) is 0 Å². The van der Waals surface area contributed by atoms with Gasteiger partial charge in [0.05, 0.1) is 11.8 Å². The highest BCUT2D eigenvalue weighted by molar-refractivity contribution is 9.10. The first-order valence-corrected chi connectivity index (χ1v) is 11.5. The van der Waals surface area contributed by atoms with Crippen LogP contribution in [0.4, 0.5) is 0 Å². The van der Waals surface area contributed by atoms with Crippen LogP contribution in [0.3, 0.4) is 0 Å². The molecule has 0 heterocycles. The topological polar surface area (TPSA) is 88.0 Å². The van der Waals surface area contributed by atoms with Gasteiger partial charge in [-0.15, -0.1) is 0 Å². The van der Waals surface area contributed by atoms with Crippen LogP contribution in [0.1, 0.15) is 27.0 Å². The van der Waals surface area contributed by atoms with E-state index in [-0.39, 0.29) is 5.75 Å². The van der Waals surface area contributed by atoms with Gasteiger partial charge < -0.3 is 9.84 Å². The minimum absolute atomic E-state index is 0.265. The van der Waals surface area contributed by atoms with Gasteiger partial charge in [0.25, 0.3) is 5.91 Å². The van der Waals surface area contributed by atoms with Crippen LogP contribution >= 0.6 is 15.9 Å². The van der Waals surface area contributed by atoms with E-state index in [1.165, 1.54) is 6.21 Å². The Bertz CT molecular complexity index is 1300. The van der Waals surface area contributed by atoms with Crippen LogP contribution < -0.4 is 10.2 Å². The standard InChI is InChI=1S/C28H21BrN2O4/c29-24-16-17-25(35-26(32)20-10-4-1-5-11-20)21(18-24)19-30-31-27(33)28(34,22-12-6-2-7-13-22)23-14-8-3-9-15-23/h1-19,34H,(H,31,33). The van der Waals surface area contributed by atoms with E-state index in [2.05, 4.69) is 26.5 Å². The predicted molar refractivity (Wildman–Crippen MR) is 137 cm³/mol. The van der Waals surface area contributed by atoms with Crippen molar-refractivity contribution in [2.45, 2.75) is 5.60 Å². The molecule has 174 valence electrons. The fourth-order valence-electron chi connectivity index (χ4n) is 3.48. The molecule has 2 N–H and O–H groups in total. The number of nitrogens with one attached hydrogen (secondary N) is 1. The van der Waals surface area contributed by atoms with Gasteiger partial charge in [-0.1, -0.05) is 94.8 Å². The number of rotatable bonds is 7. The molecule has 0 aromatic heterocycles. The summed E-state index contributed by atoms with van der Waals surface area (Å²) in [6.07, 6.45) is 1.35. The van der Waals surface area contributed by atoms with Gasteiger partial charge in [0.1, 0.15) is 5.75 Å². The molecule has 1 amide bonds. The number of benzene rings is 4. The Morgan fingerprint density at radius 2 is 1.37 bits per heavy atom. The SMILES string of the molecule is O=C(Oc1ccc(Br)cc1C=NNC(=O)C(O)(c1ccccc1)c1ccccc1)c1ccccc1. The fraction of sp³-hybridized carbons (Fsp3) is 0.0357. The summed E-state index contributed by atoms with van der Waals surface area (Å²) in [5.74, 6) is -0.987. The lowest BCUT2D eigenvalue weighted by molar-refractivity contribution is -0.136. The van der Waals surface area contributed by atoms with E-state index >= 15 is 0 Å². The van der Waals surface area contributed by atoms with Gasteiger partial charge in [-0.2, -0.15) is 5.10 Å². The van der Waals surface area contributed by atoms with Gasteiger partial charge in [0.2, 0.25) is 0 Å². The van der Waals surface area contributed by atoms with Crippen molar-refractivity contribution >= 4 is 34.0 Å². The lowest BCUT2D eigenvalue weighted by Gasteiger charge is -2.27. The molecule has 6 nitrogen and oxygen atoms in total. The van der Waals surface area contributed by atoms with Crippen molar-refractivity contribution in [3.8, 4) is 5.75 Å². The third-order valence-corrected chi connectivity index (χ3v) is 5.76. The van der Waals surface area contributed by atoms with Gasteiger partial charge >= 0.3 is 5.97 Å². The minimum atomic E-state index is -1.96. The van der Waals surface area contributed by atoms with E-state index < -0.39 is 17.5 Å². The highest BCUT2D eigenvalue weighted by Gasteiger charge is 2.39. The molecule has 0 unspecified atom stereocenters. The zero-order chi connectivity index (χ0) is 24.7. The molecule has 35 heavy (non-hydrogen) atoms. The van der Waals surface area contributed by atoms with Crippen LogP contribution in [0.15, 0.2) is 119 Å². The Labute approximate surface area is 211 Å². The third-order valence-electron chi connectivity index (χ3n) is 5.27. The predicted octanol–water partition coefficient (Wildman–Crippen LogP) is 5.05. The van der Waals surface area contributed by atoms with Gasteiger partial charge in [0.15, 0.2) is 5.60 Å². The number of hydrogen-bond donors (Lipinski definition) is 2. The van der Waals surface area contributed by atoms with E-state index in [4.69, 9.17) is 4.74 Å². The molecular weight excluding hydrogens is 508 g/mol. The number of amides is 1. The van der Waals surface area contributed by atoms with Crippen molar-refractivity contribution < 1.29 is 19.4 Å². The van der Waals surface area contributed by atoms with Crippen LogP contribution in [0.2, 0.25) is 0 Å². The fourth-order valence-corrected chi connectivity index (χ4v) is 3.85. The number of nitrogens with zero attached hydrogens (tertiary/aromatic N) is 1. The van der Waals surface area contributed by atoms with Gasteiger partial charge in [0, 0.05) is 10.0 Å². The molecule has 0 saturated carbocycles. The third kappa shape index (κ3) is 5.54. The first-order valence-electron chi connectivity index (χ1n) is 10.7. The highest BCUT2D eigenvalue weighted by atomic mass is 79.9. The molecule has 0 spiro atoms. The Hall–Kier alpha value is -4.07. The van der Waals surface area contributed by atoms with Crippen molar-refractivity contribution in [1.29, 1.82) is 0 Å². The molecule has 0 bridgehead atoms. The van der Waals surface area contributed by atoms with Crippen molar-refractivity contribution in [2.24, 2.45) is 5.10 Å². The van der Waals surface area contributed by atoms with Crippen molar-refractivity contribution in [1.82, 2.24) is 5.43 Å². The summed E-state index contributed by atoms with van der Waals surface area (Å²) in [6, 6.07) is 30.9. The van der Waals surface area contributed by atoms with Crippen LogP contribution in [-0.2, 0) is 10.4 Å². The second-order valence-electron chi connectivity index (χ2n) is 7.58. The summed E-state index contributed by atoms with van der Waals surface area (Å²) in [7, 11) is 0. The Balaban J connectivity index is 1.58. The van der Waals surface area contributed by atoms with Gasteiger partial charge in [-0.3, -0.25) is 4.79 Å². The van der Waals surface area contributed by atoms with E-state index in [9.17, 15) is 14.7 Å². The van der Waals surface area contributed by atoms with E-state index in [1.54, 1.807) is 103 Å². The molecule has 0 saturated heterocycles. The zero-order valence-electron chi connectivity index (χ0n) is 18.5. The Morgan fingerprint density at radius 3 is 1.94 bits per heavy atom. The smallest absolute Gasteiger partial charge is 0.343 e. The van der Waals surface area contributed by atoms with Crippen LogP contribution in [0.25, 0.3) is 0 Å². The molecule has 0 fully saturated rings. The van der Waals surface area contributed by atoms with E-state index in [0.717, 1.165) is 4.47 Å². The van der Waals surface area contributed by atoms with Crippen molar-refractivity contribution in [3.05, 3.63) is 136 Å². The molecule has 0 radical (unpaired) electrons. The summed E-state index contributed by atoms with van der Waals surface area (Å²) in [4.78, 5) is 25.7. The summed E-state index contributed by atoms with van der Waals surface area (Å²) in [5.41, 5.74) is 2.13. The first kappa shape index (κ1) is 24.1. The number of hydrazone groups is 1. The van der Waals surface area contributed by atoms with Crippen molar-refractivity contribution in [2.75, 3.05) is 0 Å². The summed E-state index contributed by atoms with van der Waals surface area (Å²) in [6.45, 7) is 0. The number of aliphatic hydroxyl groups is 1. The minimum Gasteiger partial charge on any atom is -0.422 e. The summed E-state index contributed by atoms with van der Waals surface area (Å²) < 4.78 is 6.27. The van der Waals surface area contributed by atoms with E-state index in [1.807, 2.05) is 6.07 Å². The van der Waals surface area contributed by atoms with Crippen LogP contribution in [-0.4, -0.2) is 23.2 Å². The molecular formula is C28H21BrN2O4. The monoisotopic (exact) mass is 528 g/mol. The molecule has 0 aliphatic carbocycles. The summed E-state index contributed by atoms with van der Waals surface area (Å²) >= 11 is 3.39. The quantitative estimate of drug-likeness (QED) is 0.152. The number of carbonyl (C=O) groups is 2. The maximum atomic E-state index is 13.2. The molecule has 0 atom stereocenters. The second-order valence-corrected chi connectivity index (χ2v) is 8.49. The lowest BCUT2D eigenvalue weighted by Crippen LogP contribution is -2.43. The Morgan fingerprint density at radius 1 is 0.829 bits per heavy atom. The summed E-state index contributed by atoms with van der Waals surface area (Å²) in [5, 5.41) is 15.5. The average molecular weight is 529 g/mol. The maximum absolute atomic E-state index is 13.2. The number of hydrogen-bond acceptors (Lipinski definition) is 5. The number of ether oxygens (including phenoxy) is 1. The molecule has 7 heteroatoms. The maximum Gasteiger partial charge on any atom is 0.343 e. The van der Waals surface area contributed by atoms with E-state index in [0.29, 0.717) is 22.3 Å². The second kappa shape index (κ2) is 10.9. The van der Waals surface area contributed by atoms with Gasteiger partial charge in [-0.25, -0.2) is 10.2 Å². The largest absolute Gasteiger partial charge is 0.422 e. The molecule has 4 rings (SSSR count). The number of carbonyl (C=O) groups excluding carboxylic acids is 2. The first-order chi connectivity index (χ1) is 17.0. The zero-order valence-corrected chi connectivity index (χ0v) is 20.1. The molecule has 4 aromatic rings. The molecule has 4 aromatic carbocycles. The van der Waals surface area contributed by atoms with Gasteiger partial charge in [-0.05, 0) is 41.5 Å². The van der Waals surface area contributed by atoms with Crippen LogP contribution in [0, 0.1) is 0 Å². The molecule has 0 aliphatic heterocycles. The normalized spacial score (nSPS) is 11.3. The molecule has 0 aliphatic rings.